The van der Waals surface area contributed by atoms with Crippen molar-refractivity contribution in [2.75, 3.05) is 18.2 Å². The second-order valence-electron chi connectivity index (χ2n) is 4.96. The third kappa shape index (κ3) is 4.31. The molecule has 1 aromatic heterocycles. The number of halogens is 1. The molecule has 1 N–H and O–H groups in total. The topological polar surface area (TPSA) is 68.3 Å². The first-order valence-electron chi connectivity index (χ1n) is 7.23. The highest BCUT2D eigenvalue weighted by Crippen LogP contribution is 2.31. The number of hydrogen-bond donors (Lipinski definition) is 1. The summed E-state index contributed by atoms with van der Waals surface area (Å²) in [5.41, 5.74) is 1.89. The molecular weight excluding hydrogens is 380 g/mol. The lowest BCUT2D eigenvalue weighted by Gasteiger charge is -2.06. The minimum atomic E-state index is -0.294. The summed E-state index contributed by atoms with van der Waals surface area (Å²) in [4.78, 5) is 28.0. The van der Waals surface area contributed by atoms with Gasteiger partial charge in [0.25, 0.3) is 5.91 Å². The summed E-state index contributed by atoms with van der Waals surface area (Å²) >= 11 is 8.83. The van der Waals surface area contributed by atoms with Crippen molar-refractivity contribution < 1.29 is 14.3 Å². The zero-order valence-electron chi connectivity index (χ0n) is 13.1. The summed E-state index contributed by atoms with van der Waals surface area (Å²) in [5, 5.41) is 3.24. The molecule has 8 heteroatoms. The molecule has 0 aliphatic carbocycles. The van der Waals surface area contributed by atoms with Crippen molar-refractivity contribution in [3.63, 3.8) is 0 Å². The molecule has 0 aliphatic heterocycles. The van der Waals surface area contributed by atoms with Gasteiger partial charge in [-0.05, 0) is 30.3 Å². The molecule has 0 bridgehead atoms. The quantitative estimate of drug-likeness (QED) is 0.512. The highest BCUT2D eigenvalue weighted by molar-refractivity contribution is 8.01. The van der Waals surface area contributed by atoms with Crippen LogP contribution < -0.4 is 5.32 Å². The van der Waals surface area contributed by atoms with Crippen LogP contribution in [0.5, 0.6) is 0 Å². The highest BCUT2D eigenvalue weighted by Gasteiger charge is 2.12. The van der Waals surface area contributed by atoms with E-state index in [9.17, 15) is 9.59 Å². The van der Waals surface area contributed by atoms with Crippen molar-refractivity contribution in [1.82, 2.24) is 4.98 Å². The second kappa shape index (κ2) is 7.86. The molecule has 0 spiro atoms. The van der Waals surface area contributed by atoms with Crippen molar-refractivity contribution in [3.8, 4) is 0 Å². The van der Waals surface area contributed by atoms with Crippen molar-refractivity contribution >= 4 is 62.5 Å². The number of ether oxygens (including phenoxy) is 1. The molecule has 3 aromatic rings. The molecular formula is C17H13ClN2O3S2. The van der Waals surface area contributed by atoms with Crippen molar-refractivity contribution in [1.29, 1.82) is 0 Å². The Kier molecular flexibility index (Phi) is 5.57. The van der Waals surface area contributed by atoms with Crippen LogP contribution in [0.4, 0.5) is 5.69 Å². The van der Waals surface area contributed by atoms with E-state index in [2.05, 4.69) is 15.0 Å². The monoisotopic (exact) mass is 392 g/mol. The number of nitrogens with one attached hydrogen (secondary N) is 1. The lowest BCUT2D eigenvalue weighted by Crippen LogP contribution is -2.12. The van der Waals surface area contributed by atoms with Gasteiger partial charge in [-0.2, -0.15) is 0 Å². The molecule has 5 nitrogen and oxygen atoms in total. The normalized spacial score (nSPS) is 10.6. The molecule has 25 heavy (non-hydrogen) atoms. The molecule has 0 aliphatic rings. The molecule has 0 saturated heterocycles. The number of methoxy groups -OCH3 is 1. The number of nitrogens with zero attached hydrogens (tertiary/aromatic N) is 1. The summed E-state index contributed by atoms with van der Waals surface area (Å²) in [5.74, 6) is -0.349. The number of benzene rings is 2. The van der Waals surface area contributed by atoms with Crippen molar-refractivity contribution in [2.24, 2.45) is 0 Å². The van der Waals surface area contributed by atoms with Crippen LogP contribution in [0.1, 0.15) is 10.4 Å². The Balaban J connectivity index is 1.76. The highest BCUT2D eigenvalue weighted by atomic mass is 35.5. The number of carbonyl (C=O) groups excluding carboxylic acids is 2. The van der Waals surface area contributed by atoms with Crippen molar-refractivity contribution in [3.05, 3.63) is 53.1 Å². The van der Waals surface area contributed by atoms with E-state index in [4.69, 9.17) is 11.6 Å². The number of hydrogen-bond acceptors (Lipinski definition) is 6. The van der Waals surface area contributed by atoms with Gasteiger partial charge in [0.05, 0.1) is 33.7 Å². The van der Waals surface area contributed by atoms with Crippen LogP contribution in [-0.4, -0.2) is 29.7 Å². The zero-order valence-corrected chi connectivity index (χ0v) is 15.5. The van der Waals surface area contributed by atoms with Gasteiger partial charge in [-0.3, -0.25) is 9.59 Å². The summed E-state index contributed by atoms with van der Waals surface area (Å²) in [6.45, 7) is 0. The fourth-order valence-corrected chi connectivity index (χ4v) is 4.23. The number of esters is 1. The zero-order chi connectivity index (χ0) is 17.8. The molecule has 0 fully saturated rings. The summed E-state index contributed by atoms with van der Waals surface area (Å²) < 4.78 is 6.31. The van der Waals surface area contributed by atoms with E-state index < -0.39 is 0 Å². The fraction of sp³-hybridized carbons (Fsp3) is 0.118. The molecule has 0 unspecified atom stereocenters. The summed E-state index contributed by atoms with van der Waals surface area (Å²) in [7, 11) is 1.36. The Labute approximate surface area is 157 Å². The number of thiazole rings is 1. The van der Waals surface area contributed by atoms with Crippen LogP contribution in [0.15, 0.2) is 46.8 Å². The van der Waals surface area contributed by atoms with E-state index in [1.165, 1.54) is 30.2 Å². The van der Waals surface area contributed by atoms with Crippen LogP contribution >= 0.6 is 34.7 Å². The third-order valence-electron chi connectivity index (χ3n) is 3.29. The fourth-order valence-electron chi connectivity index (χ4n) is 2.07. The largest absolute Gasteiger partial charge is 0.468 e. The molecule has 128 valence electrons. The number of rotatable bonds is 5. The van der Waals surface area contributed by atoms with Gasteiger partial charge in [0, 0.05) is 5.69 Å². The van der Waals surface area contributed by atoms with E-state index in [0.717, 1.165) is 14.6 Å². The maximum atomic E-state index is 12.3. The standard InChI is InChI=1S/C17H13ClN2O3S2/c1-23-15(21)9-24-17-20-13-7-6-10(8-14(13)25-17)19-16(22)11-4-2-3-5-12(11)18/h2-8H,9H2,1H3,(H,19,22). The Hall–Kier alpha value is -2.09. The molecule has 0 radical (unpaired) electrons. The number of aromatic nitrogens is 1. The van der Waals surface area contributed by atoms with Crippen molar-refractivity contribution in [2.45, 2.75) is 4.34 Å². The predicted molar refractivity (Wildman–Crippen MR) is 102 cm³/mol. The van der Waals surface area contributed by atoms with Crippen LogP contribution in [0.2, 0.25) is 5.02 Å². The number of fused-ring (bicyclic) bond motifs is 1. The first kappa shape index (κ1) is 17.7. The van der Waals surface area contributed by atoms with Gasteiger partial charge >= 0.3 is 5.97 Å². The number of carbonyl (C=O) groups is 2. The number of anilines is 1. The summed E-state index contributed by atoms with van der Waals surface area (Å²) in [6, 6.07) is 12.3. The number of amides is 1. The SMILES string of the molecule is COC(=O)CSc1nc2ccc(NC(=O)c3ccccc3Cl)cc2s1. The molecule has 0 saturated carbocycles. The third-order valence-corrected chi connectivity index (χ3v) is 5.75. The van der Waals surface area contributed by atoms with Gasteiger partial charge in [-0.1, -0.05) is 35.5 Å². The van der Waals surface area contributed by atoms with Gasteiger partial charge in [-0.15, -0.1) is 11.3 Å². The van der Waals surface area contributed by atoms with Gasteiger partial charge < -0.3 is 10.1 Å². The van der Waals surface area contributed by atoms with Crippen LogP contribution in [0.3, 0.4) is 0 Å². The Morgan fingerprint density at radius 2 is 2.08 bits per heavy atom. The van der Waals surface area contributed by atoms with Gasteiger partial charge in [-0.25, -0.2) is 4.98 Å². The average molecular weight is 393 g/mol. The van der Waals surface area contributed by atoms with Gasteiger partial charge in [0.1, 0.15) is 0 Å². The Morgan fingerprint density at radius 3 is 2.84 bits per heavy atom. The first-order chi connectivity index (χ1) is 12.1. The molecule has 3 rings (SSSR count). The smallest absolute Gasteiger partial charge is 0.316 e. The van der Waals surface area contributed by atoms with E-state index in [0.29, 0.717) is 16.3 Å². The lowest BCUT2D eigenvalue weighted by atomic mass is 10.2. The first-order valence-corrected chi connectivity index (χ1v) is 9.41. The Bertz CT molecular complexity index is 943. The molecule has 1 heterocycles. The Morgan fingerprint density at radius 1 is 1.28 bits per heavy atom. The second-order valence-corrected chi connectivity index (χ2v) is 7.62. The van der Waals surface area contributed by atoms with E-state index in [1.54, 1.807) is 30.3 Å². The number of thioether (sulfide) groups is 1. The van der Waals surface area contributed by atoms with Gasteiger partial charge in [0.2, 0.25) is 0 Å². The van der Waals surface area contributed by atoms with E-state index in [1.807, 2.05) is 12.1 Å². The van der Waals surface area contributed by atoms with E-state index in [-0.39, 0.29) is 17.6 Å². The minimum absolute atomic E-state index is 0.215. The predicted octanol–water partition coefficient (Wildman–Crippen LogP) is 4.47. The maximum Gasteiger partial charge on any atom is 0.316 e. The maximum absolute atomic E-state index is 12.3. The van der Waals surface area contributed by atoms with Crippen LogP contribution in [-0.2, 0) is 9.53 Å². The van der Waals surface area contributed by atoms with E-state index >= 15 is 0 Å². The summed E-state index contributed by atoms with van der Waals surface area (Å²) in [6.07, 6.45) is 0. The minimum Gasteiger partial charge on any atom is -0.468 e. The molecule has 0 atom stereocenters. The average Bonchev–Trinajstić information content (AvgIpc) is 3.02. The lowest BCUT2D eigenvalue weighted by molar-refractivity contribution is -0.137. The van der Waals surface area contributed by atoms with Crippen LogP contribution in [0, 0.1) is 0 Å². The molecule has 2 aromatic carbocycles. The van der Waals surface area contributed by atoms with Crippen LogP contribution in [0.25, 0.3) is 10.2 Å². The van der Waals surface area contributed by atoms with Gasteiger partial charge in [0.15, 0.2) is 4.34 Å². The molecule has 1 amide bonds.